The third-order valence-corrected chi connectivity index (χ3v) is 5.32. The Morgan fingerprint density at radius 2 is 1.44 bits per heavy atom. The average molecular weight is 394 g/mol. The summed E-state index contributed by atoms with van der Waals surface area (Å²) < 4.78 is 33.7. The Bertz CT molecular complexity index is 777. The molecule has 0 spiro atoms. The van der Waals surface area contributed by atoms with Gasteiger partial charge in [0.15, 0.2) is 0 Å². The van der Waals surface area contributed by atoms with E-state index >= 15 is 0 Å². The van der Waals surface area contributed by atoms with Gasteiger partial charge < -0.3 is 4.18 Å². The van der Waals surface area contributed by atoms with Crippen LogP contribution in [0.1, 0.15) is 71.1 Å². The molecule has 0 N–H and O–H groups in total. The monoisotopic (exact) mass is 393 g/mol. The number of nitrogens with zero attached hydrogens (tertiary/aromatic N) is 1. The van der Waals surface area contributed by atoms with Crippen molar-refractivity contribution in [2.45, 2.75) is 71.1 Å². The fourth-order valence-electron chi connectivity index (χ4n) is 2.97. The van der Waals surface area contributed by atoms with E-state index in [1.807, 2.05) is 18.2 Å². The molecule has 0 aliphatic rings. The Morgan fingerprint density at radius 1 is 0.815 bits per heavy atom. The van der Waals surface area contributed by atoms with Gasteiger partial charge in [0.2, 0.25) is 5.88 Å². The first-order valence-electron chi connectivity index (χ1n) is 10.1. The molecule has 0 fully saturated rings. The number of pyridine rings is 1. The third-order valence-electron chi connectivity index (χ3n) is 4.49. The van der Waals surface area contributed by atoms with Gasteiger partial charge in [-0.2, -0.15) is 8.42 Å². The number of para-hydroxylation sites is 1. The molecule has 5 nitrogen and oxygen atoms in total. The standard InChI is InChI=1S/C21H31NO4S/c1-2-3-4-5-6-7-8-9-10-13-18-25-27(23,24)26-21-17-16-19-14-11-12-15-20(19)22-21/h11-12,14-17H,2-10,13,18H2,1H3. The second kappa shape index (κ2) is 11.9. The van der Waals surface area contributed by atoms with Crippen molar-refractivity contribution >= 4 is 21.3 Å². The first-order chi connectivity index (χ1) is 13.1. The topological polar surface area (TPSA) is 65.5 Å². The summed E-state index contributed by atoms with van der Waals surface area (Å²) >= 11 is 0. The number of hydrogen-bond acceptors (Lipinski definition) is 5. The summed E-state index contributed by atoms with van der Waals surface area (Å²) in [6, 6.07) is 10.8. The highest BCUT2D eigenvalue weighted by molar-refractivity contribution is 7.82. The van der Waals surface area contributed by atoms with E-state index in [-0.39, 0.29) is 12.5 Å². The van der Waals surface area contributed by atoms with Gasteiger partial charge in [-0.1, -0.05) is 82.9 Å². The van der Waals surface area contributed by atoms with Crippen molar-refractivity contribution in [1.82, 2.24) is 4.98 Å². The highest BCUT2D eigenvalue weighted by Gasteiger charge is 2.14. The van der Waals surface area contributed by atoms with Gasteiger partial charge in [-0.05, 0) is 18.6 Å². The summed E-state index contributed by atoms with van der Waals surface area (Å²) in [6.07, 6.45) is 11.9. The molecule has 27 heavy (non-hydrogen) atoms. The number of unbranched alkanes of at least 4 members (excludes halogenated alkanes) is 9. The van der Waals surface area contributed by atoms with Crippen molar-refractivity contribution in [3.63, 3.8) is 0 Å². The fourth-order valence-corrected chi connectivity index (χ4v) is 3.64. The van der Waals surface area contributed by atoms with Gasteiger partial charge in [0.1, 0.15) is 0 Å². The lowest BCUT2D eigenvalue weighted by Crippen LogP contribution is -2.14. The molecule has 1 aromatic carbocycles. The molecule has 0 aliphatic heterocycles. The minimum absolute atomic E-state index is 0.0248. The Labute approximate surface area is 163 Å². The second-order valence-corrected chi connectivity index (χ2v) is 8.06. The number of rotatable bonds is 14. The van der Waals surface area contributed by atoms with Crippen molar-refractivity contribution in [1.29, 1.82) is 0 Å². The SMILES string of the molecule is CCCCCCCCCCCCOS(=O)(=O)Oc1ccc2ccccc2n1. The van der Waals surface area contributed by atoms with Crippen LogP contribution in [0, 0.1) is 0 Å². The van der Waals surface area contributed by atoms with Crippen LogP contribution in [-0.2, 0) is 14.6 Å². The fraction of sp³-hybridized carbons (Fsp3) is 0.571. The zero-order chi connectivity index (χ0) is 19.4. The smallest absolute Gasteiger partial charge is 0.341 e. The lowest BCUT2D eigenvalue weighted by atomic mass is 10.1. The van der Waals surface area contributed by atoms with Crippen LogP contribution in [0.2, 0.25) is 0 Å². The van der Waals surface area contributed by atoms with Gasteiger partial charge in [-0.25, -0.2) is 9.17 Å². The molecular weight excluding hydrogens is 362 g/mol. The summed E-state index contributed by atoms with van der Waals surface area (Å²) in [7, 11) is -4.08. The molecule has 0 amide bonds. The van der Waals surface area contributed by atoms with Gasteiger partial charge in [-0.3, -0.25) is 0 Å². The summed E-state index contributed by atoms with van der Waals surface area (Å²) in [4.78, 5) is 4.18. The van der Waals surface area contributed by atoms with Crippen molar-refractivity contribution in [2.75, 3.05) is 6.61 Å². The van der Waals surface area contributed by atoms with Crippen LogP contribution in [0.25, 0.3) is 10.9 Å². The summed E-state index contributed by atoms with van der Waals surface area (Å²) in [5.41, 5.74) is 0.680. The molecule has 1 aromatic heterocycles. The van der Waals surface area contributed by atoms with E-state index < -0.39 is 10.4 Å². The van der Waals surface area contributed by atoms with Crippen molar-refractivity contribution < 1.29 is 16.8 Å². The maximum atomic E-state index is 11.9. The molecule has 6 heteroatoms. The van der Waals surface area contributed by atoms with Crippen LogP contribution < -0.4 is 4.18 Å². The van der Waals surface area contributed by atoms with Crippen LogP contribution in [0.3, 0.4) is 0 Å². The minimum atomic E-state index is -4.08. The quantitative estimate of drug-likeness (QED) is 0.380. The zero-order valence-corrected chi connectivity index (χ0v) is 17.0. The normalized spacial score (nSPS) is 11.7. The predicted molar refractivity (Wildman–Crippen MR) is 109 cm³/mol. The van der Waals surface area contributed by atoms with Crippen molar-refractivity contribution in [3.8, 4) is 5.88 Å². The maximum absolute atomic E-state index is 11.9. The van der Waals surface area contributed by atoms with Gasteiger partial charge in [-0.15, -0.1) is 0 Å². The molecule has 0 radical (unpaired) electrons. The van der Waals surface area contributed by atoms with E-state index in [1.54, 1.807) is 12.1 Å². The van der Waals surface area contributed by atoms with E-state index in [9.17, 15) is 8.42 Å². The molecule has 0 saturated carbocycles. The van der Waals surface area contributed by atoms with Gasteiger partial charge in [0.25, 0.3) is 0 Å². The van der Waals surface area contributed by atoms with E-state index in [0.29, 0.717) is 11.9 Å². The van der Waals surface area contributed by atoms with Crippen LogP contribution in [0.4, 0.5) is 0 Å². The second-order valence-electron chi connectivity index (χ2n) is 6.84. The minimum Gasteiger partial charge on any atom is -0.341 e. The summed E-state index contributed by atoms with van der Waals surface area (Å²) in [5, 5.41) is 0.925. The number of aromatic nitrogens is 1. The van der Waals surface area contributed by atoms with Crippen molar-refractivity contribution in [2.24, 2.45) is 0 Å². The first-order valence-corrected chi connectivity index (χ1v) is 11.4. The van der Waals surface area contributed by atoms with E-state index in [1.165, 1.54) is 51.0 Å². The highest BCUT2D eigenvalue weighted by Crippen LogP contribution is 2.18. The van der Waals surface area contributed by atoms with Gasteiger partial charge in [0.05, 0.1) is 12.1 Å². The Morgan fingerprint density at radius 3 is 2.15 bits per heavy atom. The van der Waals surface area contributed by atoms with Crippen LogP contribution in [-0.4, -0.2) is 20.0 Å². The highest BCUT2D eigenvalue weighted by atomic mass is 32.3. The first kappa shape index (κ1) is 21.6. The van der Waals surface area contributed by atoms with E-state index in [2.05, 4.69) is 11.9 Å². The molecule has 2 aromatic rings. The van der Waals surface area contributed by atoms with Crippen LogP contribution in [0.5, 0.6) is 5.88 Å². The van der Waals surface area contributed by atoms with E-state index in [4.69, 9.17) is 8.37 Å². The van der Waals surface area contributed by atoms with Crippen LogP contribution in [0.15, 0.2) is 36.4 Å². The zero-order valence-electron chi connectivity index (χ0n) is 16.2. The molecular formula is C21H31NO4S. The van der Waals surface area contributed by atoms with Gasteiger partial charge >= 0.3 is 10.4 Å². The number of benzene rings is 1. The molecule has 0 bridgehead atoms. The number of fused-ring (bicyclic) bond motifs is 1. The lowest BCUT2D eigenvalue weighted by molar-refractivity contribution is 0.264. The molecule has 1 heterocycles. The predicted octanol–water partition coefficient (Wildman–Crippen LogP) is 5.80. The average Bonchev–Trinajstić information content (AvgIpc) is 2.65. The molecule has 0 atom stereocenters. The number of hydrogen-bond donors (Lipinski definition) is 0. The maximum Gasteiger partial charge on any atom is 0.450 e. The Hall–Kier alpha value is -1.66. The van der Waals surface area contributed by atoms with Crippen molar-refractivity contribution in [3.05, 3.63) is 36.4 Å². The Kier molecular flexibility index (Phi) is 9.56. The lowest BCUT2D eigenvalue weighted by Gasteiger charge is -2.07. The van der Waals surface area contributed by atoms with E-state index in [0.717, 1.165) is 18.2 Å². The third kappa shape index (κ3) is 8.71. The molecule has 150 valence electrons. The molecule has 0 unspecified atom stereocenters. The summed E-state index contributed by atoms with van der Waals surface area (Å²) in [6.45, 7) is 2.37. The van der Waals surface area contributed by atoms with Gasteiger partial charge in [0, 0.05) is 11.5 Å². The Balaban J connectivity index is 1.59. The largest absolute Gasteiger partial charge is 0.450 e. The molecule has 0 aliphatic carbocycles. The molecule has 0 saturated heterocycles. The van der Waals surface area contributed by atoms with Crippen LogP contribution >= 0.6 is 0 Å². The molecule has 2 rings (SSSR count). The summed E-state index contributed by atoms with van der Waals surface area (Å²) in [5.74, 6) is 0.0248.